The van der Waals surface area contributed by atoms with Gasteiger partial charge in [0.1, 0.15) is 0 Å². The lowest BCUT2D eigenvalue weighted by Crippen LogP contribution is -2.43. The molecule has 1 aliphatic heterocycles. The number of amides is 1. The van der Waals surface area contributed by atoms with Gasteiger partial charge >= 0.3 is 0 Å². The number of hydrogen-bond acceptors (Lipinski definition) is 3. The van der Waals surface area contributed by atoms with E-state index in [1.807, 2.05) is 30.0 Å². The maximum atomic E-state index is 12.4. The predicted molar refractivity (Wildman–Crippen MR) is 84.3 cm³/mol. The van der Waals surface area contributed by atoms with Gasteiger partial charge in [0.05, 0.1) is 12.6 Å². The molecule has 0 saturated carbocycles. The lowest BCUT2D eigenvalue weighted by atomic mass is 9.95. The molecule has 1 aromatic carbocycles. The Hall–Kier alpha value is -1.10. The topological polar surface area (TPSA) is 55.6 Å². The average Bonchev–Trinajstić information content (AvgIpc) is 2.59. The van der Waals surface area contributed by atoms with E-state index in [1.165, 1.54) is 0 Å². The normalized spacial score (nSPS) is 23.2. The third kappa shape index (κ3) is 3.76. The number of carbonyl (C=O) groups is 1. The number of benzene rings is 1. The van der Waals surface area contributed by atoms with Crippen LogP contribution in [-0.2, 0) is 9.53 Å². The van der Waals surface area contributed by atoms with E-state index in [0.717, 1.165) is 24.0 Å². The van der Waals surface area contributed by atoms with E-state index in [4.69, 9.17) is 22.1 Å². The molecule has 4 nitrogen and oxygen atoms in total. The Morgan fingerprint density at radius 2 is 2.24 bits per heavy atom. The van der Waals surface area contributed by atoms with Gasteiger partial charge in [-0.2, -0.15) is 0 Å². The highest BCUT2D eigenvalue weighted by atomic mass is 35.5. The molecular weight excluding hydrogens is 288 g/mol. The molecule has 116 valence electrons. The molecule has 1 aliphatic rings. The van der Waals surface area contributed by atoms with Crippen molar-refractivity contribution >= 4 is 17.5 Å². The van der Waals surface area contributed by atoms with Gasteiger partial charge in [-0.25, -0.2) is 0 Å². The molecule has 0 bridgehead atoms. The molecule has 1 amide bonds. The van der Waals surface area contributed by atoms with Crippen LogP contribution in [-0.4, -0.2) is 37.1 Å². The Morgan fingerprint density at radius 1 is 1.48 bits per heavy atom. The minimum Gasteiger partial charge on any atom is -0.383 e. The van der Waals surface area contributed by atoms with Gasteiger partial charge in [-0.15, -0.1) is 0 Å². The standard InChI is InChI=1S/C16H23ClN2O2/c1-11-6-7-12(10-13(11)17)16-14(18)4-3-5-15(20)19(16)8-9-21-2/h6-7,10,14,16H,3-5,8-9,18H2,1-2H3. The summed E-state index contributed by atoms with van der Waals surface area (Å²) in [5.74, 6) is 0.140. The number of methoxy groups -OCH3 is 1. The number of rotatable bonds is 4. The molecular formula is C16H23ClN2O2. The molecule has 2 unspecified atom stereocenters. The minimum absolute atomic E-state index is 0.0768. The summed E-state index contributed by atoms with van der Waals surface area (Å²) < 4.78 is 5.14. The van der Waals surface area contributed by atoms with Crippen molar-refractivity contribution < 1.29 is 9.53 Å². The van der Waals surface area contributed by atoms with Gasteiger partial charge in [0.2, 0.25) is 5.91 Å². The van der Waals surface area contributed by atoms with E-state index >= 15 is 0 Å². The number of nitrogens with zero attached hydrogens (tertiary/aromatic N) is 1. The van der Waals surface area contributed by atoms with Crippen LogP contribution in [0.4, 0.5) is 0 Å². The number of likely N-dealkylation sites (tertiary alicyclic amines) is 1. The number of carbonyl (C=O) groups excluding carboxylic acids is 1. The van der Waals surface area contributed by atoms with Crippen molar-refractivity contribution in [3.05, 3.63) is 34.3 Å². The van der Waals surface area contributed by atoms with E-state index < -0.39 is 0 Å². The molecule has 0 spiro atoms. The van der Waals surface area contributed by atoms with Crippen LogP contribution in [0.15, 0.2) is 18.2 Å². The SMILES string of the molecule is COCCN1C(=O)CCCC(N)C1c1ccc(C)c(Cl)c1. The molecule has 1 aromatic rings. The van der Waals surface area contributed by atoms with E-state index in [9.17, 15) is 4.79 Å². The van der Waals surface area contributed by atoms with Crippen LogP contribution in [0, 0.1) is 6.92 Å². The quantitative estimate of drug-likeness (QED) is 0.930. The Bertz CT molecular complexity index is 507. The van der Waals surface area contributed by atoms with E-state index in [-0.39, 0.29) is 18.0 Å². The molecule has 21 heavy (non-hydrogen) atoms. The summed E-state index contributed by atoms with van der Waals surface area (Å²) in [5, 5.41) is 0.711. The summed E-state index contributed by atoms with van der Waals surface area (Å²) in [4.78, 5) is 14.2. The first-order valence-corrected chi connectivity index (χ1v) is 7.72. The summed E-state index contributed by atoms with van der Waals surface area (Å²) >= 11 is 6.24. The average molecular weight is 311 g/mol. The van der Waals surface area contributed by atoms with Crippen molar-refractivity contribution in [3.8, 4) is 0 Å². The fourth-order valence-corrected chi connectivity index (χ4v) is 3.04. The monoisotopic (exact) mass is 310 g/mol. The molecule has 0 aromatic heterocycles. The molecule has 2 rings (SSSR count). The van der Waals surface area contributed by atoms with Crippen molar-refractivity contribution in [2.45, 2.75) is 38.3 Å². The first-order valence-electron chi connectivity index (χ1n) is 7.34. The summed E-state index contributed by atoms with van der Waals surface area (Å²) in [6.45, 7) is 3.03. The zero-order valence-corrected chi connectivity index (χ0v) is 13.4. The molecule has 1 heterocycles. The van der Waals surface area contributed by atoms with Gasteiger partial charge < -0.3 is 15.4 Å². The molecule has 2 atom stereocenters. The first kappa shape index (κ1) is 16.3. The zero-order chi connectivity index (χ0) is 15.4. The van der Waals surface area contributed by atoms with Crippen molar-refractivity contribution in [3.63, 3.8) is 0 Å². The van der Waals surface area contributed by atoms with Crippen molar-refractivity contribution in [2.24, 2.45) is 5.73 Å². The van der Waals surface area contributed by atoms with E-state index in [1.54, 1.807) is 7.11 Å². The second-order valence-corrected chi connectivity index (χ2v) is 6.00. The summed E-state index contributed by atoms with van der Waals surface area (Å²) in [6.07, 6.45) is 2.22. The van der Waals surface area contributed by atoms with Gasteiger partial charge in [0.25, 0.3) is 0 Å². The number of hydrogen-bond donors (Lipinski definition) is 1. The van der Waals surface area contributed by atoms with E-state index in [2.05, 4.69) is 0 Å². The maximum Gasteiger partial charge on any atom is 0.223 e. The van der Waals surface area contributed by atoms with Crippen LogP contribution in [0.1, 0.15) is 36.4 Å². The minimum atomic E-state index is -0.131. The predicted octanol–water partition coefficient (Wildman–Crippen LogP) is 2.68. The Morgan fingerprint density at radius 3 is 2.90 bits per heavy atom. The highest BCUT2D eigenvalue weighted by molar-refractivity contribution is 6.31. The third-order valence-electron chi connectivity index (χ3n) is 4.06. The lowest BCUT2D eigenvalue weighted by Gasteiger charge is -2.34. The highest BCUT2D eigenvalue weighted by Gasteiger charge is 2.32. The molecule has 2 N–H and O–H groups in total. The first-order chi connectivity index (χ1) is 10.0. The molecule has 1 fully saturated rings. The van der Waals surface area contributed by atoms with Crippen molar-refractivity contribution in [1.82, 2.24) is 4.90 Å². The fraction of sp³-hybridized carbons (Fsp3) is 0.562. The van der Waals surface area contributed by atoms with Crippen molar-refractivity contribution in [2.75, 3.05) is 20.3 Å². The third-order valence-corrected chi connectivity index (χ3v) is 4.47. The zero-order valence-electron chi connectivity index (χ0n) is 12.6. The van der Waals surface area contributed by atoms with Crippen LogP contribution in [0.3, 0.4) is 0 Å². The summed E-state index contributed by atoms with van der Waals surface area (Å²) in [5.41, 5.74) is 8.38. The van der Waals surface area contributed by atoms with Gasteiger partial charge in [0.15, 0.2) is 0 Å². The van der Waals surface area contributed by atoms with Crippen LogP contribution in [0.5, 0.6) is 0 Å². The maximum absolute atomic E-state index is 12.4. The smallest absolute Gasteiger partial charge is 0.223 e. The van der Waals surface area contributed by atoms with E-state index in [0.29, 0.717) is 24.6 Å². The Labute approximate surface area is 131 Å². The summed E-state index contributed by atoms with van der Waals surface area (Å²) in [6, 6.07) is 5.72. The molecule has 5 heteroatoms. The largest absolute Gasteiger partial charge is 0.383 e. The van der Waals surface area contributed by atoms with Crippen molar-refractivity contribution in [1.29, 1.82) is 0 Å². The van der Waals surface area contributed by atoms with Gasteiger partial charge in [0, 0.05) is 31.1 Å². The Kier molecular flexibility index (Phi) is 5.62. The molecule has 0 aliphatic carbocycles. The van der Waals surface area contributed by atoms with Gasteiger partial charge in [-0.3, -0.25) is 4.79 Å². The second-order valence-electron chi connectivity index (χ2n) is 5.59. The van der Waals surface area contributed by atoms with Crippen LogP contribution in [0.25, 0.3) is 0 Å². The lowest BCUT2D eigenvalue weighted by molar-refractivity contribution is -0.134. The summed E-state index contributed by atoms with van der Waals surface area (Å²) in [7, 11) is 1.64. The van der Waals surface area contributed by atoms with Gasteiger partial charge in [-0.05, 0) is 37.0 Å². The second kappa shape index (κ2) is 7.25. The fourth-order valence-electron chi connectivity index (χ4n) is 2.85. The number of aryl methyl sites for hydroxylation is 1. The number of nitrogens with two attached hydrogens (primary N) is 1. The Balaban J connectivity index is 2.36. The number of ether oxygens (including phenoxy) is 1. The highest BCUT2D eigenvalue weighted by Crippen LogP contribution is 2.32. The van der Waals surface area contributed by atoms with Gasteiger partial charge in [-0.1, -0.05) is 23.7 Å². The number of halogens is 1. The van der Waals surface area contributed by atoms with Crippen LogP contribution < -0.4 is 5.73 Å². The molecule has 1 saturated heterocycles. The van der Waals surface area contributed by atoms with Crippen LogP contribution >= 0.6 is 11.6 Å². The molecule has 0 radical (unpaired) electrons. The van der Waals surface area contributed by atoms with Crippen LogP contribution in [0.2, 0.25) is 5.02 Å².